The number of fused-ring (bicyclic) bond motifs is 1. The third kappa shape index (κ3) is 3.85. The van der Waals surface area contributed by atoms with Crippen molar-refractivity contribution in [1.82, 2.24) is 4.98 Å². The number of carbonyl (C=O) groups excluding carboxylic acids is 1. The van der Waals surface area contributed by atoms with Gasteiger partial charge in [0.1, 0.15) is 5.82 Å². The van der Waals surface area contributed by atoms with Gasteiger partial charge in [0.2, 0.25) is 0 Å². The minimum absolute atomic E-state index is 0.288. The Labute approximate surface area is 154 Å². The quantitative estimate of drug-likeness (QED) is 0.621. The lowest BCUT2D eigenvalue weighted by Crippen LogP contribution is -2.05. The van der Waals surface area contributed by atoms with Gasteiger partial charge in [-0.1, -0.05) is 18.6 Å². The number of hydrogen-bond acceptors (Lipinski definition) is 4. The standard InChI is InChI=1S/C22H24N2O2/c1-5-10-26-22(25)17-6-8-18(9-7-17)23-20-13-15(3)19-12-14(2)11-16(4)21(19)24-20/h6-9,11-13H,5,10H2,1-4H3,(H,23,24). The Balaban J connectivity index is 1.84. The van der Waals surface area contributed by atoms with Crippen molar-refractivity contribution in [1.29, 1.82) is 0 Å². The van der Waals surface area contributed by atoms with Gasteiger partial charge in [-0.2, -0.15) is 0 Å². The van der Waals surface area contributed by atoms with Gasteiger partial charge in [0.15, 0.2) is 0 Å². The lowest BCUT2D eigenvalue weighted by molar-refractivity contribution is 0.0505. The zero-order chi connectivity index (χ0) is 18.7. The summed E-state index contributed by atoms with van der Waals surface area (Å²) in [6.45, 7) is 8.70. The molecule has 0 aliphatic rings. The van der Waals surface area contributed by atoms with E-state index in [1.54, 1.807) is 12.1 Å². The minimum Gasteiger partial charge on any atom is -0.462 e. The third-order valence-electron chi connectivity index (χ3n) is 4.29. The molecule has 0 aliphatic carbocycles. The molecule has 0 spiro atoms. The summed E-state index contributed by atoms with van der Waals surface area (Å²) < 4.78 is 5.15. The van der Waals surface area contributed by atoms with Crippen molar-refractivity contribution in [2.24, 2.45) is 0 Å². The Bertz CT molecular complexity index is 947. The fraction of sp³-hybridized carbons (Fsp3) is 0.273. The summed E-state index contributed by atoms with van der Waals surface area (Å²) in [6.07, 6.45) is 0.817. The Morgan fingerprint density at radius 2 is 1.77 bits per heavy atom. The van der Waals surface area contributed by atoms with Gasteiger partial charge in [-0.15, -0.1) is 0 Å². The highest BCUT2D eigenvalue weighted by Gasteiger charge is 2.09. The first-order valence-corrected chi connectivity index (χ1v) is 8.90. The van der Waals surface area contributed by atoms with Gasteiger partial charge in [0, 0.05) is 11.1 Å². The molecule has 4 heteroatoms. The summed E-state index contributed by atoms with van der Waals surface area (Å²) in [6, 6.07) is 13.6. The van der Waals surface area contributed by atoms with Crippen LogP contribution >= 0.6 is 0 Å². The highest BCUT2D eigenvalue weighted by atomic mass is 16.5. The molecule has 2 aromatic carbocycles. The van der Waals surface area contributed by atoms with Gasteiger partial charge in [-0.3, -0.25) is 0 Å². The molecule has 26 heavy (non-hydrogen) atoms. The summed E-state index contributed by atoms with van der Waals surface area (Å²) in [5, 5.41) is 4.51. The number of aromatic nitrogens is 1. The fourth-order valence-electron chi connectivity index (χ4n) is 3.02. The SMILES string of the molecule is CCCOC(=O)c1ccc(Nc2cc(C)c3cc(C)cc(C)c3n2)cc1. The van der Waals surface area contributed by atoms with Crippen LogP contribution in [0.2, 0.25) is 0 Å². The molecular formula is C22H24N2O2. The monoisotopic (exact) mass is 348 g/mol. The van der Waals surface area contributed by atoms with Gasteiger partial charge in [-0.25, -0.2) is 9.78 Å². The van der Waals surface area contributed by atoms with Crippen LogP contribution in [0.5, 0.6) is 0 Å². The summed E-state index contributed by atoms with van der Waals surface area (Å²) in [4.78, 5) is 16.6. The topological polar surface area (TPSA) is 51.2 Å². The van der Waals surface area contributed by atoms with Crippen LogP contribution in [0.15, 0.2) is 42.5 Å². The van der Waals surface area contributed by atoms with Crippen LogP contribution in [0.25, 0.3) is 10.9 Å². The first-order valence-electron chi connectivity index (χ1n) is 8.90. The predicted molar refractivity (Wildman–Crippen MR) is 106 cm³/mol. The maximum absolute atomic E-state index is 11.9. The smallest absolute Gasteiger partial charge is 0.338 e. The van der Waals surface area contributed by atoms with E-state index in [0.29, 0.717) is 12.2 Å². The van der Waals surface area contributed by atoms with Crippen molar-refractivity contribution in [2.75, 3.05) is 11.9 Å². The normalized spacial score (nSPS) is 10.8. The van der Waals surface area contributed by atoms with E-state index >= 15 is 0 Å². The molecule has 0 atom stereocenters. The molecule has 0 saturated carbocycles. The number of aryl methyl sites for hydroxylation is 3. The average Bonchev–Trinajstić information content (AvgIpc) is 2.61. The molecule has 1 aromatic heterocycles. The lowest BCUT2D eigenvalue weighted by atomic mass is 10.0. The minimum atomic E-state index is -0.288. The van der Waals surface area contributed by atoms with Gasteiger partial charge < -0.3 is 10.1 Å². The molecule has 0 bridgehead atoms. The van der Waals surface area contributed by atoms with E-state index in [-0.39, 0.29) is 5.97 Å². The summed E-state index contributed by atoms with van der Waals surface area (Å²) >= 11 is 0. The van der Waals surface area contributed by atoms with Crippen molar-refractivity contribution in [2.45, 2.75) is 34.1 Å². The van der Waals surface area contributed by atoms with Crippen molar-refractivity contribution in [3.8, 4) is 0 Å². The average molecular weight is 348 g/mol. The maximum Gasteiger partial charge on any atom is 0.338 e. The number of esters is 1. The van der Waals surface area contributed by atoms with Gasteiger partial charge >= 0.3 is 5.97 Å². The number of ether oxygens (including phenoxy) is 1. The van der Waals surface area contributed by atoms with E-state index in [4.69, 9.17) is 9.72 Å². The number of carbonyl (C=O) groups is 1. The largest absolute Gasteiger partial charge is 0.462 e. The first-order chi connectivity index (χ1) is 12.5. The number of nitrogens with one attached hydrogen (secondary N) is 1. The van der Waals surface area contributed by atoms with E-state index in [2.05, 4.69) is 38.2 Å². The Morgan fingerprint density at radius 1 is 1.04 bits per heavy atom. The second kappa shape index (κ2) is 7.56. The van der Waals surface area contributed by atoms with Gasteiger partial charge in [0.05, 0.1) is 17.7 Å². The van der Waals surface area contributed by atoms with Gasteiger partial charge in [0.25, 0.3) is 0 Å². The second-order valence-corrected chi connectivity index (χ2v) is 6.64. The molecule has 3 rings (SSSR count). The lowest BCUT2D eigenvalue weighted by Gasteiger charge is -2.12. The zero-order valence-corrected chi connectivity index (χ0v) is 15.7. The molecule has 1 N–H and O–H groups in total. The van der Waals surface area contributed by atoms with E-state index in [1.165, 1.54) is 22.1 Å². The Kier molecular flexibility index (Phi) is 5.21. The van der Waals surface area contributed by atoms with E-state index < -0.39 is 0 Å². The fourth-order valence-corrected chi connectivity index (χ4v) is 3.02. The van der Waals surface area contributed by atoms with Crippen LogP contribution in [0.1, 0.15) is 40.4 Å². The number of anilines is 2. The number of nitrogens with zero attached hydrogens (tertiary/aromatic N) is 1. The molecule has 134 valence electrons. The first kappa shape index (κ1) is 17.9. The van der Waals surface area contributed by atoms with Crippen LogP contribution in [0.3, 0.4) is 0 Å². The summed E-state index contributed by atoms with van der Waals surface area (Å²) in [5.74, 6) is 0.507. The molecule has 4 nitrogen and oxygen atoms in total. The molecule has 0 aliphatic heterocycles. The zero-order valence-electron chi connectivity index (χ0n) is 15.7. The summed E-state index contributed by atoms with van der Waals surface area (Å²) in [7, 11) is 0. The van der Waals surface area contributed by atoms with Crippen molar-refractivity contribution in [3.05, 3.63) is 64.7 Å². The molecule has 1 heterocycles. The van der Waals surface area contributed by atoms with E-state index in [0.717, 1.165) is 23.4 Å². The molecule has 0 saturated heterocycles. The maximum atomic E-state index is 11.9. The Hall–Kier alpha value is -2.88. The van der Waals surface area contributed by atoms with Crippen molar-refractivity contribution >= 4 is 28.4 Å². The molecular weight excluding hydrogens is 324 g/mol. The molecule has 0 fully saturated rings. The van der Waals surface area contributed by atoms with Gasteiger partial charge in [-0.05, 0) is 74.7 Å². The van der Waals surface area contributed by atoms with Crippen LogP contribution in [0, 0.1) is 20.8 Å². The number of pyridine rings is 1. The molecule has 0 amide bonds. The van der Waals surface area contributed by atoms with E-state index in [9.17, 15) is 4.79 Å². The highest BCUT2D eigenvalue weighted by Crippen LogP contribution is 2.26. The molecule has 0 radical (unpaired) electrons. The Morgan fingerprint density at radius 3 is 2.46 bits per heavy atom. The molecule has 3 aromatic rings. The summed E-state index contributed by atoms with van der Waals surface area (Å²) in [5.41, 5.74) is 6.04. The number of rotatable bonds is 5. The number of benzene rings is 2. The highest BCUT2D eigenvalue weighted by molar-refractivity contribution is 5.90. The number of hydrogen-bond donors (Lipinski definition) is 1. The molecule has 0 unspecified atom stereocenters. The van der Waals surface area contributed by atoms with Crippen LogP contribution in [-0.4, -0.2) is 17.6 Å². The van der Waals surface area contributed by atoms with E-state index in [1.807, 2.05) is 25.1 Å². The predicted octanol–water partition coefficient (Wildman–Crippen LogP) is 5.47. The van der Waals surface area contributed by atoms with Crippen LogP contribution < -0.4 is 5.32 Å². The van der Waals surface area contributed by atoms with Crippen molar-refractivity contribution in [3.63, 3.8) is 0 Å². The van der Waals surface area contributed by atoms with Crippen molar-refractivity contribution < 1.29 is 9.53 Å². The van der Waals surface area contributed by atoms with Crippen LogP contribution in [-0.2, 0) is 4.74 Å². The third-order valence-corrected chi connectivity index (χ3v) is 4.29. The second-order valence-electron chi connectivity index (χ2n) is 6.64. The van der Waals surface area contributed by atoms with Crippen LogP contribution in [0.4, 0.5) is 11.5 Å².